The molecule has 1 fully saturated rings. The third-order valence-corrected chi connectivity index (χ3v) is 16.2. The third kappa shape index (κ3) is 5.86. The van der Waals surface area contributed by atoms with Gasteiger partial charge in [-0.15, -0.1) is 0 Å². The molecule has 4 heteroatoms. The molecule has 324 valence electrons. The molecule has 1 spiro atoms. The number of fused-ring (bicyclic) bond motifs is 14. The fourth-order valence-electron chi connectivity index (χ4n) is 12.8. The van der Waals surface area contributed by atoms with Crippen LogP contribution in [-0.4, -0.2) is 5.84 Å². The van der Waals surface area contributed by atoms with Crippen molar-refractivity contribution < 1.29 is 8.83 Å². The zero-order valence-corrected chi connectivity index (χ0v) is 38.1. The van der Waals surface area contributed by atoms with Crippen molar-refractivity contribution >= 4 is 49.7 Å². The average Bonchev–Trinajstić information content (AvgIpc) is 4.06. The van der Waals surface area contributed by atoms with Crippen molar-refractivity contribution in [2.24, 2.45) is 10.7 Å². The van der Waals surface area contributed by atoms with Crippen LogP contribution in [0.15, 0.2) is 171 Å². The fraction of sp³-hybridized carbons (Fsp3) is 0.242. The molecule has 13 rings (SSSR count). The molecule has 0 aliphatic heterocycles. The molecular weight excluding hydrogens is 805 g/mol. The summed E-state index contributed by atoms with van der Waals surface area (Å²) in [5.41, 5.74) is 28.0. The zero-order valence-electron chi connectivity index (χ0n) is 38.1. The van der Waals surface area contributed by atoms with Gasteiger partial charge in [0.2, 0.25) is 0 Å². The molecule has 0 amide bonds. The fourth-order valence-corrected chi connectivity index (χ4v) is 12.8. The first-order valence-electron chi connectivity index (χ1n) is 24.3. The second-order valence-electron chi connectivity index (χ2n) is 20.2. The normalized spacial score (nSPS) is 17.9. The maximum absolute atomic E-state index is 6.90. The van der Waals surface area contributed by atoms with E-state index in [-0.39, 0.29) is 22.8 Å². The Balaban J connectivity index is 0.903. The molecule has 2 aromatic heterocycles. The molecule has 0 saturated heterocycles. The molecule has 2 heterocycles. The first kappa shape index (κ1) is 39.5. The van der Waals surface area contributed by atoms with Gasteiger partial charge in [0.1, 0.15) is 28.2 Å². The van der Waals surface area contributed by atoms with Gasteiger partial charge in [-0.05, 0) is 147 Å². The molecule has 66 heavy (non-hydrogen) atoms. The van der Waals surface area contributed by atoms with Gasteiger partial charge in [0.05, 0.1) is 6.04 Å². The Bertz CT molecular complexity index is 3560. The molecule has 2 atom stereocenters. The molecule has 4 aliphatic rings. The van der Waals surface area contributed by atoms with Crippen molar-refractivity contribution in [1.29, 1.82) is 0 Å². The maximum Gasteiger partial charge on any atom is 0.138 e. The SMILES string of the molecule is CC(CC(N=C(N)C1=CC=CCC1)c1ccc2c(c1)oc1ccccc12)c1cccc2c1oc1ccc(-c3cccc4c3-c3cc5c(cc3C43CCCCC3)-c3ccccc3C5(C)C)cc12. The van der Waals surface area contributed by atoms with Crippen molar-refractivity contribution in [1.82, 2.24) is 0 Å². The smallest absolute Gasteiger partial charge is 0.138 e. The standard InChI is InChI=1S/C62H54N2O2/c1-37(32-54(64-60(63)38-16-6-4-7-17-38)40-26-28-45-44-19-9-11-25-55(44)65-57(45)34-40)41-20-14-22-46-48-33-39(27-29-56(48)66-59(41)46)42-21-15-24-51-58(42)49-36-52-47(35-53(49)62(51)30-12-5-13-31-62)43-18-8-10-23-50(43)61(52,2)3/h4,6,8-11,14-16,18-29,33-37,54H,5,7,12-13,17,30-32H2,1-3H3,(H2,63,64). The second-order valence-corrected chi connectivity index (χ2v) is 20.2. The zero-order chi connectivity index (χ0) is 44.3. The van der Waals surface area contributed by atoms with Crippen LogP contribution in [0.5, 0.6) is 0 Å². The van der Waals surface area contributed by atoms with Crippen LogP contribution in [-0.2, 0) is 10.8 Å². The summed E-state index contributed by atoms with van der Waals surface area (Å²) < 4.78 is 13.3. The number of amidine groups is 1. The molecule has 4 nitrogen and oxygen atoms in total. The lowest BCUT2D eigenvalue weighted by Crippen LogP contribution is -2.28. The molecule has 0 bridgehead atoms. The Kier molecular flexibility index (Phi) is 8.85. The monoisotopic (exact) mass is 858 g/mol. The number of benzene rings is 7. The number of nitrogens with zero attached hydrogens (tertiary/aromatic N) is 1. The second kappa shape index (κ2) is 14.8. The van der Waals surface area contributed by atoms with Crippen molar-refractivity contribution in [3.05, 3.63) is 191 Å². The van der Waals surface area contributed by atoms with Gasteiger partial charge in [-0.1, -0.05) is 155 Å². The van der Waals surface area contributed by atoms with E-state index in [1.54, 1.807) is 5.56 Å². The van der Waals surface area contributed by atoms with Gasteiger partial charge in [0, 0.05) is 32.4 Å². The summed E-state index contributed by atoms with van der Waals surface area (Å²) in [5, 5.41) is 4.53. The van der Waals surface area contributed by atoms with Gasteiger partial charge in [-0.3, -0.25) is 4.99 Å². The summed E-state index contributed by atoms with van der Waals surface area (Å²) in [4.78, 5) is 5.30. The highest BCUT2D eigenvalue weighted by molar-refractivity contribution is 6.09. The van der Waals surface area contributed by atoms with E-state index in [9.17, 15) is 0 Å². The van der Waals surface area contributed by atoms with Crippen LogP contribution in [0.4, 0.5) is 0 Å². The quantitative estimate of drug-likeness (QED) is 0.128. The van der Waals surface area contributed by atoms with Crippen LogP contribution in [0.1, 0.15) is 117 Å². The van der Waals surface area contributed by atoms with Crippen LogP contribution in [0, 0.1) is 0 Å². The Morgan fingerprint density at radius 3 is 2.27 bits per heavy atom. The van der Waals surface area contributed by atoms with E-state index in [0.29, 0.717) is 5.84 Å². The van der Waals surface area contributed by atoms with Gasteiger partial charge in [0.15, 0.2) is 0 Å². The summed E-state index contributed by atoms with van der Waals surface area (Å²) in [6.45, 7) is 7.12. The summed E-state index contributed by atoms with van der Waals surface area (Å²) >= 11 is 0. The van der Waals surface area contributed by atoms with Crippen LogP contribution in [0.3, 0.4) is 0 Å². The number of hydrogen-bond donors (Lipinski definition) is 1. The highest BCUT2D eigenvalue weighted by atomic mass is 16.3. The van der Waals surface area contributed by atoms with Crippen LogP contribution < -0.4 is 5.73 Å². The third-order valence-electron chi connectivity index (χ3n) is 16.2. The van der Waals surface area contributed by atoms with Crippen molar-refractivity contribution in [3.8, 4) is 33.4 Å². The Labute approximate surface area is 386 Å². The lowest BCUT2D eigenvalue weighted by molar-refractivity contribution is 0.353. The molecule has 2 N–H and O–H groups in total. The summed E-state index contributed by atoms with van der Waals surface area (Å²) in [6, 6.07) is 49.6. The minimum Gasteiger partial charge on any atom is -0.456 e. The van der Waals surface area contributed by atoms with Gasteiger partial charge in [-0.2, -0.15) is 0 Å². The van der Waals surface area contributed by atoms with Crippen molar-refractivity contribution in [3.63, 3.8) is 0 Å². The van der Waals surface area contributed by atoms with E-state index in [1.807, 2.05) is 12.1 Å². The summed E-state index contributed by atoms with van der Waals surface area (Å²) in [5.74, 6) is 0.720. The van der Waals surface area contributed by atoms with E-state index in [2.05, 4.69) is 160 Å². The highest BCUT2D eigenvalue weighted by Gasteiger charge is 2.47. The van der Waals surface area contributed by atoms with Crippen LogP contribution in [0.2, 0.25) is 0 Å². The van der Waals surface area contributed by atoms with Gasteiger partial charge in [0.25, 0.3) is 0 Å². The van der Waals surface area contributed by atoms with Crippen LogP contribution >= 0.6 is 0 Å². The van der Waals surface area contributed by atoms with Gasteiger partial charge >= 0.3 is 0 Å². The van der Waals surface area contributed by atoms with E-state index < -0.39 is 0 Å². The van der Waals surface area contributed by atoms with E-state index >= 15 is 0 Å². The highest BCUT2D eigenvalue weighted by Crippen LogP contribution is 2.61. The molecule has 2 unspecified atom stereocenters. The lowest BCUT2D eigenvalue weighted by Gasteiger charge is -2.36. The van der Waals surface area contributed by atoms with E-state index in [0.717, 1.165) is 74.3 Å². The number of para-hydroxylation sites is 2. The van der Waals surface area contributed by atoms with Crippen molar-refractivity contribution in [2.75, 3.05) is 0 Å². The minimum atomic E-state index is -0.188. The topological polar surface area (TPSA) is 64.7 Å². The van der Waals surface area contributed by atoms with Gasteiger partial charge < -0.3 is 14.6 Å². The lowest BCUT2D eigenvalue weighted by atomic mass is 9.67. The summed E-state index contributed by atoms with van der Waals surface area (Å²) in [7, 11) is 0. The Hall–Kier alpha value is -6.91. The Morgan fingerprint density at radius 1 is 0.636 bits per heavy atom. The molecular formula is C62H54N2O2. The molecule has 1 saturated carbocycles. The van der Waals surface area contributed by atoms with Crippen LogP contribution in [0.25, 0.3) is 77.3 Å². The number of allylic oxidation sites excluding steroid dienone is 3. The largest absolute Gasteiger partial charge is 0.456 e. The number of nitrogens with two attached hydrogens (primary N) is 1. The van der Waals surface area contributed by atoms with E-state index in [1.165, 1.54) is 87.7 Å². The predicted octanol–water partition coefficient (Wildman–Crippen LogP) is 16.6. The van der Waals surface area contributed by atoms with E-state index in [4.69, 9.17) is 19.6 Å². The van der Waals surface area contributed by atoms with Crippen molar-refractivity contribution in [2.45, 2.75) is 94.9 Å². The van der Waals surface area contributed by atoms with Gasteiger partial charge in [-0.25, -0.2) is 0 Å². The molecule has 7 aromatic carbocycles. The average molecular weight is 859 g/mol. The number of furan rings is 2. The molecule has 0 radical (unpaired) electrons. The number of hydrogen-bond acceptors (Lipinski definition) is 3. The Morgan fingerprint density at radius 2 is 1.39 bits per heavy atom. The first-order chi connectivity index (χ1) is 32.3. The minimum absolute atomic E-state index is 0.0435. The maximum atomic E-state index is 6.90. The number of rotatable bonds is 7. The number of aliphatic imine (C=N–C) groups is 1. The molecule has 4 aliphatic carbocycles. The summed E-state index contributed by atoms with van der Waals surface area (Å²) in [6.07, 6.45) is 15.3. The first-order valence-corrected chi connectivity index (χ1v) is 24.3. The predicted molar refractivity (Wildman–Crippen MR) is 274 cm³/mol. The molecule has 9 aromatic rings.